The molecule has 1 aromatic heterocycles. The molecule has 1 heterocycles. The Morgan fingerprint density at radius 1 is 0.333 bits per heavy atom. The Morgan fingerprint density at radius 3 is 1.58 bits per heavy atom. The summed E-state index contributed by atoms with van der Waals surface area (Å²) < 4.78 is 6.36. The molecule has 0 saturated carbocycles. The number of furan rings is 1. The number of benzene rings is 8. The van der Waals surface area contributed by atoms with E-state index < -0.39 is 0 Å². The van der Waals surface area contributed by atoms with Crippen LogP contribution in [0.3, 0.4) is 0 Å². The lowest BCUT2D eigenvalue weighted by atomic mass is 9.94. The third-order valence-corrected chi connectivity index (χ3v) is 9.28. The van der Waals surface area contributed by atoms with Crippen molar-refractivity contribution < 1.29 is 4.42 Å². The van der Waals surface area contributed by atoms with Crippen molar-refractivity contribution in [2.24, 2.45) is 0 Å². The monoisotopic (exact) mass is 613 g/mol. The largest absolute Gasteiger partial charge is 0.455 e. The van der Waals surface area contributed by atoms with Gasteiger partial charge in [0.05, 0.1) is 0 Å². The molecule has 0 aliphatic carbocycles. The fourth-order valence-electron chi connectivity index (χ4n) is 6.91. The summed E-state index contributed by atoms with van der Waals surface area (Å²) in [7, 11) is 0. The Hall–Kier alpha value is -6.38. The number of hydrogen-bond acceptors (Lipinski definition) is 2. The number of hydrogen-bond donors (Lipinski definition) is 0. The van der Waals surface area contributed by atoms with Crippen LogP contribution in [0.25, 0.3) is 66.1 Å². The van der Waals surface area contributed by atoms with Crippen molar-refractivity contribution >= 4 is 49.8 Å². The second-order valence-electron chi connectivity index (χ2n) is 12.2. The third-order valence-electron chi connectivity index (χ3n) is 9.28. The van der Waals surface area contributed by atoms with Crippen LogP contribution in [-0.4, -0.2) is 0 Å². The molecule has 0 saturated heterocycles. The molecular formula is C46H31NO. The maximum absolute atomic E-state index is 6.36. The Balaban J connectivity index is 1.07. The third kappa shape index (κ3) is 4.92. The van der Waals surface area contributed by atoms with Gasteiger partial charge in [-0.2, -0.15) is 0 Å². The highest BCUT2D eigenvalue weighted by atomic mass is 16.3. The molecule has 48 heavy (non-hydrogen) atoms. The summed E-state index contributed by atoms with van der Waals surface area (Å²) >= 11 is 0. The van der Waals surface area contributed by atoms with E-state index in [0.29, 0.717) is 0 Å². The van der Waals surface area contributed by atoms with Crippen LogP contribution in [0.5, 0.6) is 0 Å². The van der Waals surface area contributed by atoms with Crippen molar-refractivity contribution in [2.75, 3.05) is 4.90 Å². The summed E-state index contributed by atoms with van der Waals surface area (Å²) in [5, 5.41) is 4.62. The Kier molecular flexibility index (Phi) is 6.84. The van der Waals surface area contributed by atoms with E-state index >= 15 is 0 Å². The molecule has 0 radical (unpaired) electrons. The molecule has 9 aromatic rings. The summed E-state index contributed by atoms with van der Waals surface area (Å²) in [6.45, 7) is 0. The molecular weight excluding hydrogens is 583 g/mol. The van der Waals surface area contributed by atoms with E-state index in [9.17, 15) is 0 Å². The summed E-state index contributed by atoms with van der Waals surface area (Å²) in [6.07, 6.45) is 0. The van der Waals surface area contributed by atoms with Crippen LogP contribution in [0.2, 0.25) is 0 Å². The van der Waals surface area contributed by atoms with E-state index in [1.807, 2.05) is 0 Å². The summed E-state index contributed by atoms with van der Waals surface area (Å²) in [5.74, 6) is 0. The summed E-state index contributed by atoms with van der Waals surface area (Å²) in [5.41, 5.74) is 12.4. The lowest BCUT2D eigenvalue weighted by Crippen LogP contribution is -2.09. The average Bonchev–Trinajstić information content (AvgIpc) is 3.55. The minimum atomic E-state index is 0.909. The Morgan fingerprint density at radius 2 is 0.875 bits per heavy atom. The fourth-order valence-corrected chi connectivity index (χ4v) is 6.91. The van der Waals surface area contributed by atoms with Crippen LogP contribution in [0.4, 0.5) is 17.1 Å². The molecule has 0 unspecified atom stereocenters. The molecule has 0 aliphatic heterocycles. The van der Waals surface area contributed by atoms with E-state index in [1.165, 1.54) is 27.6 Å². The first kappa shape index (κ1) is 27.9. The molecule has 8 aromatic carbocycles. The minimum Gasteiger partial charge on any atom is -0.455 e. The van der Waals surface area contributed by atoms with Crippen molar-refractivity contribution in [1.82, 2.24) is 0 Å². The van der Waals surface area contributed by atoms with E-state index in [2.05, 4.69) is 193 Å². The molecule has 2 nitrogen and oxygen atoms in total. The SMILES string of the molecule is c1ccc(-c2ccccc2-c2ccc(N(c3ccccc3)c3ccc(-c4ccc5oc6c7ccccc7ccc6c5c4)cc3)cc2)cc1. The topological polar surface area (TPSA) is 16.4 Å². The molecule has 0 N–H and O–H groups in total. The van der Waals surface area contributed by atoms with Crippen LogP contribution < -0.4 is 4.90 Å². The first-order valence-electron chi connectivity index (χ1n) is 16.3. The number of para-hydroxylation sites is 1. The molecule has 0 atom stereocenters. The van der Waals surface area contributed by atoms with Gasteiger partial charge < -0.3 is 9.32 Å². The van der Waals surface area contributed by atoms with Crippen molar-refractivity contribution in [3.05, 3.63) is 188 Å². The van der Waals surface area contributed by atoms with Gasteiger partial charge in [-0.1, -0.05) is 133 Å². The number of fused-ring (bicyclic) bond motifs is 5. The quantitative estimate of drug-likeness (QED) is 0.185. The van der Waals surface area contributed by atoms with Gasteiger partial charge in [-0.05, 0) is 93.4 Å². The number of anilines is 3. The molecule has 0 bridgehead atoms. The predicted molar refractivity (Wildman–Crippen MR) is 202 cm³/mol. The van der Waals surface area contributed by atoms with Gasteiger partial charge >= 0.3 is 0 Å². The molecule has 0 spiro atoms. The maximum atomic E-state index is 6.36. The average molecular weight is 614 g/mol. The minimum absolute atomic E-state index is 0.909. The normalized spacial score (nSPS) is 11.3. The predicted octanol–water partition coefficient (Wildman–Crippen LogP) is 13.2. The van der Waals surface area contributed by atoms with Gasteiger partial charge in [-0.15, -0.1) is 0 Å². The summed E-state index contributed by atoms with van der Waals surface area (Å²) in [6, 6.07) is 66.8. The van der Waals surface area contributed by atoms with Gasteiger partial charge in [0.25, 0.3) is 0 Å². The molecule has 0 aliphatic rings. The van der Waals surface area contributed by atoms with E-state index in [1.54, 1.807) is 0 Å². The van der Waals surface area contributed by atoms with Crippen molar-refractivity contribution in [3.63, 3.8) is 0 Å². The molecule has 9 rings (SSSR count). The first-order chi connectivity index (χ1) is 23.8. The van der Waals surface area contributed by atoms with Gasteiger partial charge in [0, 0.05) is 33.2 Å². The molecule has 2 heteroatoms. The van der Waals surface area contributed by atoms with Crippen molar-refractivity contribution in [3.8, 4) is 33.4 Å². The molecule has 0 amide bonds. The lowest BCUT2D eigenvalue weighted by Gasteiger charge is -2.26. The zero-order valence-corrected chi connectivity index (χ0v) is 26.3. The van der Waals surface area contributed by atoms with Gasteiger partial charge in [-0.3, -0.25) is 0 Å². The second-order valence-corrected chi connectivity index (χ2v) is 12.2. The highest BCUT2D eigenvalue weighted by molar-refractivity contribution is 6.15. The van der Waals surface area contributed by atoms with Gasteiger partial charge in [0.15, 0.2) is 0 Å². The zero-order chi connectivity index (χ0) is 31.9. The number of nitrogens with zero attached hydrogens (tertiary/aromatic N) is 1. The maximum Gasteiger partial charge on any atom is 0.143 e. The van der Waals surface area contributed by atoms with Crippen LogP contribution >= 0.6 is 0 Å². The van der Waals surface area contributed by atoms with Crippen LogP contribution in [0, 0.1) is 0 Å². The highest BCUT2D eigenvalue weighted by Gasteiger charge is 2.15. The van der Waals surface area contributed by atoms with E-state index in [4.69, 9.17) is 4.42 Å². The van der Waals surface area contributed by atoms with Crippen molar-refractivity contribution in [1.29, 1.82) is 0 Å². The zero-order valence-electron chi connectivity index (χ0n) is 26.3. The van der Waals surface area contributed by atoms with Crippen LogP contribution in [0.1, 0.15) is 0 Å². The van der Waals surface area contributed by atoms with Gasteiger partial charge in [0.1, 0.15) is 11.2 Å². The van der Waals surface area contributed by atoms with Gasteiger partial charge in [0.2, 0.25) is 0 Å². The standard InChI is InChI=1S/C46H31NO/c1-3-11-33(12-4-1)40-16-9-10-17-41(40)35-21-27-39(28-22-35)47(37-14-5-2-6-15-37)38-25-19-32(20-26-38)36-24-30-45-44(31-36)43-29-23-34-13-7-8-18-42(34)46(43)48-45/h1-31H. The van der Waals surface area contributed by atoms with Crippen LogP contribution in [0.15, 0.2) is 192 Å². The van der Waals surface area contributed by atoms with Gasteiger partial charge in [-0.25, -0.2) is 0 Å². The smallest absolute Gasteiger partial charge is 0.143 e. The van der Waals surface area contributed by atoms with E-state index in [-0.39, 0.29) is 0 Å². The summed E-state index contributed by atoms with van der Waals surface area (Å²) in [4.78, 5) is 2.31. The first-order valence-corrected chi connectivity index (χ1v) is 16.3. The second kappa shape index (κ2) is 11.8. The van der Waals surface area contributed by atoms with Crippen molar-refractivity contribution in [2.45, 2.75) is 0 Å². The highest BCUT2D eigenvalue weighted by Crippen LogP contribution is 2.40. The fraction of sp³-hybridized carbons (Fsp3) is 0. The van der Waals surface area contributed by atoms with E-state index in [0.717, 1.165) is 55.5 Å². The van der Waals surface area contributed by atoms with Crippen LogP contribution in [-0.2, 0) is 0 Å². The molecule has 0 fully saturated rings. The number of rotatable bonds is 6. The molecule has 226 valence electrons. The Labute approximate surface area is 279 Å². The Bertz CT molecular complexity index is 2530. The lowest BCUT2D eigenvalue weighted by molar-refractivity contribution is 0.672.